The van der Waals surface area contributed by atoms with Crippen molar-refractivity contribution in [2.45, 2.75) is 32.0 Å². The van der Waals surface area contributed by atoms with E-state index < -0.39 is 0 Å². The van der Waals surface area contributed by atoms with E-state index in [-0.39, 0.29) is 23.8 Å². The largest absolute Gasteiger partial charge is 0.481 e. The number of halogens is 2. The first-order valence-corrected chi connectivity index (χ1v) is 11.7. The van der Waals surface area contributed by atoms with Crippen LogP contribution in [-0.2, 0) is 16.1 Å². The molecule has 0 amide bonds. The van der Waals surface area contributed by atoms with Crippen LogP contribution in [0.1, 0.15) is 30.7 Å². The van der Waals surface area contributed by atoms with Crippen molar-refractivity contribution in [3.05, 3.63) is 58.8 Å². The predicted octanol–water partition coefficient (Wildman–Crippen LogP) is 4.01. The molecule has 0 unspecified atom stereocenters. The summed E-state index contributed by atoms with van der Waals surface area (Å²) in [5.41, 5.74) is 1.76. The second kappa shape index (κ2) is 9.85. The van der Waals surface area contributed by atoms with Crippen molar-refractivity contribution >= 4 is 17.5 Å². The zero-order valence-electron chi connectivity index (χ0n) is 19.2. The molecule has 3 atom stereocenters. The number of benzene rings is 1. The molecular formula is C24H27ClFN5O3. The SMILES string of the molecule is COc1ccc(-n2c(CO[C@H]3CCOC3)nnc2N2C[C@H](c3ccc(F)cc3Cl)[C@@H](C)C2)cn1. The molecule has 1 aromatic carbocycles. The molecule has 2 fully saturated rings. The van der Waals surface area contributed by atoms with Crippen LogP contribution in [0.2, 0.25) is 5.02 Å². The van der Waals surface area contributed by atoms with Crippen molar-refractivity contribution in [3.63, 3.8) is 0 Å². The molecule has 2 aromatic heterocycles. The van der Waals surface area contributed by atoms with Gasteiger partial charge in [-0.05, 0) is 36.1 Å². The summed E-state index contributed by atoms with van der Waals surface area (Å²) in [6, 6.07) is 8.35. The first-order valence-electron chi connectivity index (χ1n) is 11.4. The lowest BCUT2D eigenvalue weighted by Gasteiger charge is -2.20. The van der Waals surface area contributed by atoms with Crippen LogP contribution in [0.5, 0.6) is 5.88 Å². The van der Waals surface area contributed by atoms with Gasteiger partial charge in [-0.3, -0.25) is 4.57 Å². The van der Waals surface area contributed by atoms with Crippen molar-refractivity contribution in [2.24, 2.45) is 5.92 Å². The maximum atomic E-state index is 13.6. The average Bonchev–Trinajstić information content (AvgIpc) is 3.58. The van der Waals surface area contributed by atoms with Gasteiger partial charge in [0.15, 0.2) is 5.82 Å². The van der Waals surface area contributed by atoms with Gasteiger partial charge in [-0.1, -0.05) is 24.6 Å². The minimum atomic E-state index is -0.333. The first-order chi connectivity index (χ1) is 16.5. The van der Waals surface area contributed by atoms with Crippen molar-refractivity contribution < 1.29 is 18.6 Å². The molecule has 2 saturated heterocycles. The molecule has 3 aromatic rings. The summed E-state index contributed by atoms with van der Waals surface area (Å²) in [6.45, 7) is 5.23. The molecule has 8 nitrogen and oxygen atoms in total. The van der Waals surface area contributed by atoms with Gasteiger partial charge in [0, 0.05) is 36.7 Å². The molecule has 0 saturated carbocycles. The van der Waals surface area contributed by atoms with E-state index >= 15 is 0 Å². The van der Waals surface area contributed by atoms with Crippen molar-refractivity contribution in [3.8, 4) is 11.6 Å². The fraction of sp³-hybridized carbons (Fsp3) is 0.458. The van der Waals surface area contributed by atoms with Crippen LogP contribution in [-0.4, -0.2) is 59.3 Å². The summed E-state index contributed by atoms with van der Waals surface area (Å²) in [5, 5.41) is 9.45. The van der Waals surface area contributed by atoms with Gasteiger partial charge in [0.05, 0.1) is 31.7 Å². The summed E-state index contributed by atoms with van der Waals surface area (Å²) in [6.07, 6.45) is 2.66. The molecule has 0 spiro atoms. The Hall–Kier alpha value is -2.75. The molecule has 2 aliphatic rings. The van der Waals surface area contributed by atoms with Crippen molar-refractivity contribution in [2.75, 3.05) is 38.3 Å². The van der Waals surface area contributed by atoms with Crippen LogP contribution in [0, 0.1) is 11.7 Å². The van der Waals surface area contributed by atoms with Gasteiger partial charge < -0.3 is 19.1 Å². The lowest BCUT2D eigenvalue weighted by Crippen LogP contribution is -2.24. The molecule has 2 aliphatic heterocycles. The summed E-state index contributed by atoms with van der Waals surface area (Å²) in [7, 11) is 1.58. The van der Waals surface area contributed by atoms with Gasteiger partial charge in [0.2, 0.25) is 11.8 Å². The first kappa shape index (κ1) is 23.0. The number of rotatable bonds is 7. The van der Waals surface area contributed by atoms with Gasteiger partial charge in [0.25, 0.3) is 0 Å². The van der Waals surface area contributed by atoms with Gasteiger partial charge in [-0.2, -0.15) is 0 Å². The topological polar surface area (TPSA) is 74.5 Å². The van der Waals surface area contributed by atoms with E-state index in [0.29, 0.717) is 49.0 Å². The standard InChI is InChI=1S/C24H27ClFN5O3/c1-15-11-30(12-20(15)19-5-3-16(26)9-21(19)25)24-29-28-22(14-34-18-7-8-33-13-18)31(24)17-4-6-23(32-2)27-10-17/h3-6,9-10,15,18,20H,7-8,11-14H2,1-2H3/t15-,18-,20-/m0/s1. The van der Waals surface area contributed by atoms with E-state index in [0.717, 1.165) is 24.2 Å². The van der Waals surface area contributed by atoms with E-state index in [9.17, 15) is 4.39 Å². The minimum Gasteiger partial charge on any atom is -0.481 e. The molecule has 180 valence electrons. The lowest BCUT2D eigenvalue weighted by molar-refractivity contribution is 0.0277. The third-order valence-corrected chi connectivity index (χ3v) is 6.82. The zero-order valence-corrected chi connectivity index (χ0v) is 19.9. The summed E-state index contributed by atoms with van der Waals surface area (Å²) in [4.78, 5) is 6.55. The third-order valence-electron chi connectivity index (χ3n) is 6.49. The Labute approximate surface area is 202 Å². The highest BCUT2D eigenvalue weighted by molar-refractivity contribution is 6.31. The fourth-order valence-electron chi connectivity index (χ4n) is 4.67. The molecule has 0 radical (unpaired) electrons. The molecular weight excluding hydrogens is 461 g/mol. The van der Waals surface area contributed by atoms with Gasteiger partial charge in [0.1, 0.15) is 12.4 Å². The quantitative estimate of drug-likeness (QED) is 0.498. The second-order valence-electron chi connectivity index (χ2n) is 8.76. The van der Waals surface area contributed by atoms with E-state index in [4.69, 9.17) is 25.8 Å². The van der Waals surface area contributed by atoms with Crippen LogP contribution in [0.15, 0.2) is 36.5 Å². The Bertz CT molecular complexity index is 1140. The zero-order chi connectivity index (χ0) is 23.7. The lowest BCUT2D eigenvalue weighted by atomic mass is 9.90. The van der Waals surface area contributed by atoms with Gasteiger partial charge >= 0.3 is 0 Å². The summed E-state index contributed by atoms with van der Waals surface area (Å²) < 4.78 is 32.3. The summed E-state index contributed by atoms with van der Waals surface area (Å²) in [5.74, 6) is 2.02. The Morgan fingerprint density at radius 2 is 2.09 bits per heavy atom. The number of methoxy groups -OCH3 is 1. The molecule has 0 bridgehead atoms. The highest BCUT2D eigenvalue weighted by Gasteiger charge is 2.35. The normalized spacial score (nSPS) is 22.5. The number of hydrogen-bond donors (Lipinski definition) is 0. The molecule has 10 heteroatoms. The maximum Gasteiger partial charge on any atom is 0.232 e. The highest BCUT2D eigenvalue weighted by Crippen LogP contribution is 2.38. The Kier molecular flexibility index (Phi) is 6.67. The number of pyridine rings is 1. The van der Waals surface area contributed by atoms with Crippen molar-refractivity contribution in [1.82, 2.24) is 19.7 Å². The van der Waals surface area contributed by atoms with Crippen molar-refractivity contribution in [1.29, 1.82) is 0 Å². The van der Waals surface area contributed by atoms with Gasteiger partial charge in [-0.15, -0.1) is 10.2 Å². The monoisotopic (exact) mass is 487 g/mol. The minimum absolute atomic E-state index is 0.0550. The van der Waals surface area contributed by atoms with Gasteiger partial charge in [-0.25, -0.2) is 9.37 Å². The number of anilines is 1. The van der Waals surface area contributed by atoms with Crippen LogP contribution in [0.3, 0.4) is 0 Å². The number of ether oxygens (including phenoxy) is 3. The third kappa shape index (κ3) is 4.60. The van der Waals surface area contributed by atoms with Crippen LogP contribution < -0.4 is 9.64 Å². The molecule has 0 aliphatic carbocycles. The van der Waals surface area contributed by atoms with E-state index in [2.05, 4.69) is 27.0 Å². The molecule has 5 rings (SSSR count). The van der Waals surface area contributed by atoms with Crippen LogP contribution in [0.25, 0.3) is 5.69 Å². The number of aromatic nitrogens is 4. The Morgan fingerprint density at radius 1 is 1.21 bits per heavy atom. The average molecular weight is 488 g/mol. The van der Waals surface area contributed by atoms with E-state index in [1.54, 1.807) is 19.4 Å². The summed E-state index contributed by atoms with van der Waals surface area (Å²) >= 11 is 6.39. The number of nitrogens with zero attached hydrogens (tertiary/aromatic N) is 5. The molecule has 34 heavy (non-hydrogen) atoms. The Balaban J connectivity index is 1.45. The van der Waals surface area contributed by atoms with Crippen LogP contribution in [0.4, 0.5) is 10.3 Å². The molecule has 0 N–H and O–H groups in total. The van der Waals surface area contributed by atoms with Crippen LogP contribution >= 0.6 is 11.6 Å². The number of hydrogen-bond acceptors (Lipinski definition) is 7. The Morgan fingerprint density at radius 3 is 2.79 bits per heavy atom. The second-order valence-corrected chi connectivity index (χ2v) is 9.17. The molecule has 4 heterocycles. The fourth-order valence-corrected chi connectivity index (χ4v) is 4.98. The predicted molar refractivity (Wildman–Crippen MR) is 125 cm³/mol. The maximum absolute atomic E-state index is 13.6. The highest BCUT2D eigenvalue weighted by atomic mass is 35.5. The smallest absolute Gasteiger partial charge is 0.232 e. The van der Waals surface area contributed by atoms with E-state index in [1.165, 1.54) is 12.1 Å². The van der Waals surface area contributed by atoms with E-state index in [1.807, 2.05) is 16.7 Å².